The number of hydrogen-bond donors (Lipinski definition) is 2. The van der Waals surface area contributed by atoms with Crippen molar-refractivity contribution in [2.45, 2.75) is 38.6 Å². The normalized spacial score (nSPS) is 20.6. The summed E-state index contributed by atoms with van der Waals surface area (Å²) < 4.78 is 0. The van der Waals surface area contributed by atoms with E-state index in [1.807, 2.05) is 17.2 Å². The molecule has 2 aliphatic heterocycles. The Hall–Kier alpha value is -2.15. The lowest BCUT2D eigenvalue weighted by Gasteiger charge is -2.35. The highest BCUT2D eigenvalue weighted by Crippen LogP contribution is 2.22. The topological polar surface area (TPSA) is 77.2 Å². The lowest BCUT2D eigenvalue weighted by Crippen LogP contribution is -2.47. The Morgan fingerprint density at radius 3 is 2.73 bits per heavy atom. The van der Waals surface area contributed by atoms with E-state index in [2.05, 4.69) is 32.1 Å². The molecule has 0 aromatic carbocycles. The van der Waals surface area contributed by atoms with Crippen molar-refractivity contribution in [1.82, 2.24) is 24.8 Å². The lowest BCUT2D eigenvalue weighted by molar-refractivity contribution is -0.133. The van der Waals surface area contributed by atoms with E-state index in [1.165, 1.54) is 12.8 Å². The molecule has 140 valence electrons. The molecule has 2 aliphatic rings. The van der Waals surface area contributed by atoms with Gasteiger partial charge in [-0.05, 0) is 50.8 Å². The molecular formula is C19H28N6O. The van der Waals surface area contributed by atoms with E-state index in [0.717, 1.165) is 61.8 Å². The first-order valence-corrected chi connectivity index (χ1v) is 9.74. The standard InChI is InChI=1S/C19H28N6O/c1-14-3-8-24(9-4-14)12-17(26)25-10-5-15(6-11-25)23-19-16-2-7-20-18(16)21-13-22-19/h2,7,13-15H,3-6,8-12H2,1H3,(H2,20,21,22,23). The summed E-state index contributed by atoms with van der Waals surface area (Å²) in [5.41, 5.74) is 0.853. The molecule has 0 atom stereocenters. The maximum atomic E-state index is 12.6. The number of anilines is 1. The number of fused-ring (bicyclic) bond motifs is 1. The first-order valence-electron chi connectivity index (χ1n) is 9.74. The van der Waals surface area contributed by atoms with E-state index >= 15 is 0 Å². The molecule has 7 heteroatoms. The first kappa shape index (κ1) is 17.3. The van der Waals surface area contributed by atoms with Crippen LogP contribution >= 0.6 is 0 Å². The van der Waals surface area contributed by atoms with Crippen molar-refractivity contribution in [2.75, 3.05) is 38.0 Å². The summed E-state index contributed by atoms with van der Waals surface area (Å²) in [5.74, 6) is 1.97. The van der Waals surface area contributed by atoms with Crippen molar-refractivity contribution in [2.24, 2.45) is 5.92 Å². The second-order valence-electron chi connectivity index (χ2n) is 7.72. The lowest BCUT2D eigenvalue weighted by atomic mass is 9.99. The molecule has 0 spiro atoms. The molecule has 0 unspecified atom stereocenters. The molecule has 2 fully saturated rings. The highest BCUT2D eigenvalue weighted by atomic mass is 16.2. The maximum Gasteiger partial charge on any atom is 0.236 e. The number of amides is 1. The van der Waals surface area contributed by atoms with Gasteiger partial charge in [-0.25, -0.2) is 9.97 Å². The number of carbonyl (C=O) groups excluding carboxylic acids is 1. The Bertz CT molecular complexity index is 743. The van der Waals surface area contributed by atoms with Crippen molar-refractivity contribution >= 4 is 22.8 Å². The predicted octanol–water partition coefficient (Wildman–Crippen LogP) is 2.09. The Morgan fingerprint density at radius 1 is 1.19 bits per heavy atom. The van der Waals surface area contributed by atoms with Gasteiger partial charge in [-0.3, -0.25) is 9.69 Å². The van der Waals surface area contributed by atoms with Crippen molar-refractivity contribution in [1.29, 1.82) is 0 Å². The zero-order chi connectivity index (χ0) is 17.9. The van der Waals surface area contributed by atoms with Crippen LogP contribution < -0.4 is 5.32 Å². The molecule has 0 radical (unpaired) electrons. The van der Waals surface area contributed by atoms with Crippen LogP contribution in [-0.2, 0) is 4.79 Å². The van der Waals surface area contributed by atoms with Gasteiger partial charge >= 0.3 is 0 Å². The van der Waals surface area contributed by atoms with Crippen LogP contribution in [0, 0.1) is 5.92 Å². The highest BCUT2D eigenvalue weighted by molar-refractivity contribution is 5.86. The van der Waals surface area contributed by atoms with Gasteiger partial charge in [-0.1, -0.05) is 6.92 Å². The fraction of sp³-hybridized carbons (Fsp3) is 0.632. The highest BCUT2D eigenvalue weighted by Gasteiger charge is 2.25. The maximum absolute atomic E-state index is 12.6. The third kappa shape index (κ3) is 3.82. The molecule has 2 aromatic rings. The first-order chi connectivity index (χ1) is 12.7. The van der Waals surface area contributed by atoms with Crippen LogP contribution in [-0.4, -0.2) is 69.4 Å². The minimum atomic E-state index is 0.285. The molecule has 0 bridgehead atoms. The number of carbonyl (C=O) groups is 1. The van der Waals surface area contributed by atoms with Gasteiger partial charge in [0.1, 0.15) is 17.8 Å². The van der Waals surface area contributed by atoms with Gasteiger partial charge in [0.15, 0.2) is 0 Å². The van der Waals surface area contributed by atoms with Crippen molar-refractivity contribution in [3.63, 3.8) is 0 Å². The number of piperidine rings is 2. The molecule has 0 saturated carbocycles. The fourth-order valence-corrected chi connectivity index (χ4v) is 3.97. The summed E-state index contributed by atoms with van der Waals surface area (Å²) >= 11 is 0. The van der Waals surface area contributed by atoms with Crippen molar-refractivity contribution < 1.29 is 4.79 Å². The van der Waals surface area contributed by atoms with Crippen molar-refractivity contribution in [3.05, 3.63) is 18.6 Å². The SMILES string of the molecule is CC1CCN(CC(=O)N2CCC(Nc3ncnc4[nH]ccc34)CC2)CC1. The molecule has 7 nitrogen and oxygen atoms in total. The smallest absolute Gasteiger partial charge is 0.236 e. The van der Waals surface area contributed by atoms with Gasteiger partial charge in [0, 0.05) is 25.3 Å². The van der Waals surface area contributed by atoms with E-state index < -0.39 is 0 Å². The minimum Gasteiger partial charge on any atom is -0.367 e. The minimum absolute atomic E-state index is 0.285. The van der Waals surface area contributed by atoms with E-state index in [4.69, 9.17) is 0 Å². The van der Waals surface area contributed by atoms with E-state index in [-0.39, 0.29) is 5.91 Å². The van der Waals surface area contributed by atoms with Crippen LogP contribution in [0.1, 0.15) is 32.6 Å². The van der Waals surface area contributed by atoms with Crippen LogP contribution in [0.2, 0.25) is 0 Å². The number of H-pyrrole nitrogens is 1. The summed E-state index contributed by atoms with van der Waals surface area (Å²) in [6.45, 7) is 6.65. The number of hydrogen-bond acceptors (Lipinski definition) is 5. The Morgan fingerprint density at radius 2 is 1.96 bits per heavy atom. The summed E-state index contributed by atoms with van der Waals surface area (Å²) in [4.78, 5) is 28.7. The summed E-state index contributed by atoms with van der Waals surface area (Å²) in [7, 11) is 0. The Labute approximate surface area is 154 Å². The summed E-state index contributed by atoms with van der Waals surface area (Å²) in [5, 5.41) is 4.56. The van der Waals surface area contributed by atoms with E-state index in [1.54, 1.807) is 6.33 Å². The predicted molar refractivity (Wildman–Crippen MR) is 102 cm³/mol. The molecule has 26 heavy (non-hydrogen) atoms. The molecule has 2 N–H and O–H groups in total. The Kier molecular flexibility index (Phi) is 5.06. The Balaban J connectivity index is 1.27. The van der Waals surface area contributed by atoms with E-state index in [0.29, 0.717) is 12.6 Å². The van der Waals surface area contributed by atoms with Gasteiger partial charge in [-0.2, -0.15) is 0 Å². The van der Waals surface area contributed by atoms with Gasteiger partial charge in [0.25, 0.3) is 0 Å². The van der Waals surface area contributed by atoms with Gasteiger partial charge in [0.05, 0.1) is 11.9 Å². The van der Waals surface area contributed by atoms with Gasteiger partial charge < -0.3 is 15.2 Å². The van der Waals surface area contributed by atoms with Crippen LogP contribution in [0.15, 0.2) is 18.6 Å². The van der Waals surface area contributed by atoms with Crippen molar-refractivity contribution in [3.8, 4) is 0 Å². The summed E-state index contributed by atoms with van der Waals surface area (Å²) in [6.07, 6.45) is 7.81. The monoisotopic (exact) mass is 356 g/mol. The largest absolute Gasteiger partial charge is 0.367 e. The number of aromatic amines is 1. The number of aromatic nitrogens is 3. The number of nitrogens with zero attached hydrogens (tertiary/aromatic N) is 4. The van der Waals surface area contributed by atoms with Crippen LogP contribution in [0.25, 0.3) is 11.0 Å². The van der Waals surface area contributed by atoms with Crippen LogP contribution in [0.4, 0.5) is 5.82 Å². The summed E-state index contributed by atoms with van der Waals surface area (Å²) in [6, 6.07) is 2.35. The number of nitrogens with one attached hydrogen (secondary N) is 2. The fourth-order valence-electron chi connectivity index (χ4n) is 3.97. The molecule has 2 aromatic heterocycles. The quantitative estimate of drug-likeness (QED) is 0.877. The zero-order valence-corrected chi connectivity index (χ0v) is 15.4. The average molecular weight is 356 g/mol. The molecular weight excluding hydrogens is 328 g/mol. The van der Waals surface area contributed by atoms with E-state index in [9.17, 15) is 4.79 Å². The van der Waals surface area contributed by atoms with Gasteiger partial charge in [-0.15, -0.1) is 0 Å². The second-order valence-corrected chi connectivity index (χ2v) is 7.72. The van der Waals surface area contributed by atoms with Gasteiger partial charge in [0.2, 0.25) is 5.91 Å². The molecule has 1 amide bonds. The van der Waals surface area contributed by atoms with Crippen LogP contribution in [0.3, 0.4) is 0 Å². The molecule has 4 heterocycles. The van der Waals surface area contributed by atoms with Crippen LogP contribution in [0.5, 0.6) is 0 Å². The number of likely N-dealkylation sites (tertiary alicyclic amines) is 2. The molecule has 4 rings (SSSR count). The third-order valence-electron chi connectivity index (χ3n) is 5.78. The molecule has 2 saturated heterocycles. The molecule has 0 aliphatic carbocycles. The third-order valence-corrected chi connectivity index (χ3v) is 5.78. The average Bonchev–Trinajstić information content (AvgIpc) is 3.14. The second kappa shape index (κ2) is 7.61. The number of rotatable bonds is 4. The zero-order valence-electron chi connectivity index (χ0n) is 15.4.